The molecule has 0 bridgehead atoms. The molecule has 1 aliphatic rings. The van der Waals surface area contributed by atoms with Crippen LogP contribution in [0.1, 0.15) is 64.1 Å². The number of rotatable bonds is 4. The van der Waals surface area contributed by atoms with Gasteiger partial charge < -0.3 is 9.84 Å². The maximum Gasteiger partial charge on any atom is 0.138 e. The van der Waals surface area contributed by atoms with Crippen LogP contribution in [0.2, 0.25) is 0 Å². The summed E-state index contributed by atoms with van der Waals surface area (Å²) in [5.74, 6) is 1.58. The number of aromatic nitrogens is 1. The van der Waals surface area contributed by atoms with Crippen LogP contribution in [0.3, 0.4) is 0 Å². The van der Waals surface area contributed by atoms with E-state index in [0.717, 1.165) is 31.0 Å². The minimum Gasteiger partial charge on any atom is -0.361 e. The highest BCUT2D eigenvalue weighted by molar-refractivity contribution is 5.25. The van der Waals surface area contributed by atoms with E-state index in [4.69, 9.17) is 4.52 Å². The number of aryl methyl sites for hydroxylation is 2. The monoisotopic (exact) mass is 293 g/mol. The first-order valence-corrected chi connectivity index (χ1v) is 8.22. The Morgan fingerprint density at radius 2 is 2.05 bits per heavy atom. The zero-order valence-corrected chi connectivity index (χ0v) is 14.7. The van der Waals surface area contributed by atoms with E-state index in [1.165, 1.54) is 5.56 Å². The Balaban J connectivity index is 2.31. The van der Waals surface area contributed by atoms with Crippen LogP contribution in [0.4, 0.5) is 0 Å². The molecule has 3 unspecified atom stereocenters. The van der Waals surface area contributed by atoms with Gasteiger partial charge in [0.05, 0.1) is 5.69 Å². The second kappa shape index (κ2) is 6.09. The number of hydrogen-bond acceptors (Lipinski definition) is 4. The summed E-state index contributed by atoms with van der Waals surface area (Å²) in [6, 6.07) is 0.893. The molecule has 1 aliphatic heterocycles. The second-order valence-corrected chi connectivity index (χ2v) is 7.19. The standard InChI is InChI=1S/C17H31N3O/c1-8-17(7)10-20(15(9-18-17)11(2)3)13(5)16-12(4)19-21-14(16)6/h11,13,15,18H,8-10H2,1-7H3. The molecule has 3 atom stereocenters. The molecule has 0 saturated carbocycles. The summed E-state index contributed by atoms with van der Waals surface area (Å²) in [4.78, 5) is 2.65. The fraction of sp³-hybridized carbons (Fsp3) is 0.824. The molecule has 1 saturated heterocycles. The highest BCUT2D eigenvalue weighted by atomic mass is 16.5. The summed E-state index contributed by atoms with van der Waals surface area (Å²) in [5, 5.41) is 7.90. The maximum atomic E-state index is 5.39. The smallest absolute Gasteiger partial charge is 0.138 e. The zero-order valence-electron chi connectivity index (χ0n) is 14.7. The largest absolute Gasteiger partial charge is 0.361 e. The number of hydrogen-bond donors (Lipinski definition) is 1. The summed E-state index contributed by atoms with van der Waals surface area (Å²) < 4.78 is 5.39. The maximum absolute atomic E-state index is 5.39. The molecule has 2 rings (SSSR count). The Labute approximate surface area is 129 Å². The number of nitrogens with zero attached hydrogens (tertiary/aromatic N) is 2. The highest BCUT2D eigenvalue weighted by Gasteiger charge is 2.39. The molecule has 0 aliphatic carbocycles. The second-order valence-electron chi connectivity index (χ2n) is 7.19. The predicted molar refractivity (Wildman–Crippen MR) is 86.4 cm³/mol. The quantitative estimate of drug-likeness (QED) is 0.923. The van der Waals surface area contributed by atoms with Crippen LogP contribution in [0, 0.1) is 19.8 Å². The fourth-order valence-electron chi connectivity index (χ4n) is 3.58. The van der Waals surface area contributed by atoms with E-state index in [1.54, 1.807) is 0 Å². The lowest BCUT2D eigenvalue weighted by atomic mass is 9.87. The van der Waals surface area contributed by atoms with E-state index in [9.17, 15) is 0 Å². The van der Waals surface area contributed by atoms with Gasteiger partial charge in [0, 0.05) is 36.3 Å². The van der Waals surface area contributed by atoms with Crippen molar-refractivity contribution < 1.29 is 4.52 Å². The van der Waals surface area contributed by atoms with Crippen LogP contribution >= 0.6 is 0 Å². The normalized spacial score (nSPS) is 29.0. The molecule has 120 valence electrons. The van der Waals surface area contributed by atoms with E-state index >= 15 is 0 Å². The summed E-state index contributed by atoms with van der Waals surface area (Å²) >= 11 is 0. The van der Waals surface area contributed by atoms with Gasteiger partial charge in [-0.1, -0.05) is 25.9 Å². The zero-order chi connectivity index (χ0) is 15.8. The third-order valence-electron chi connectivity index (χ3n) is 5.25. The third-order valence-corrected chi connectivity index (χ3v) is 5.25. The molecule has 0 amide bonds. The van der Waals surface area contributed by atoms with E-state index in [-0.39, 0.29) is 5.54 Å². The first kappa shape index (κ1) is 16.5. The van der Waals surface area contributed by atoms with Gasteiger partial charge in [-0.2, -0.15) is 0 Å². The van der Waals surface area contributed by atoms with E-state index < -0.39 is 0 Å². The molecular formula is C17H31N3O. The molecule has 4 heteroatoms. The van der Waals surface area contributed by atoms with Gasteiger partial charge in [0.15, 0.2) is 0 Å². The van der Waals surface area contributed by atoms with Crippen molar-refractivity contribution in [3.63, 3.8) is 0 Å². The first-order chi connectivity index (χ1) is 9.79. The molecule has 21 heavy (non-hydrogen) atoms. The van der Waals surface area contributed by atoms with Gasteiger partial charge in [-0.3, -0.25) is 4.90 Å². The van der Waals surface area contributed by atoms with Gasteiger partial charge in [-0.05, 0) is 40.0 Å². The van der Waals surface area contributed by atoms with Crippen LogP contribution in [0.5, 0.6) is 0 Å². The van der Waals surface area contributed by atoms with Gasteiger partial charge in [0.1, 0.15) is 5.76 Å². The molecule has 0 aromatic carbocycles. The molecule has 0 radical (unpaired) electrons. The van der Waals surface area contributed by atoms with Crippen molar-refractivity contribution in [2.45, 2.75) is 72.5 Å². The molecule has 1 aromatic heterocycles. The summed E-state index contributed by atoms with van der Waals surface area (Å²) in [7, 11) is 0. The lowest BCUT2D eigenvalue weighted by Crippen LogP contribution is -2.64. The molecule has 0 spiro atoms. The molecule has 1 aromatic rings. The van der Waals surface area contributed by atoms with Crippen LogP contribution < -0.4 is 5.32 Å². The fourth-order valence-corrected chi connectivity index (χ4v) is 3.58. The van der Waals surface area contributed by atoms with Crippen molar-refractivity contribution in [1.29, 1.82) is 0 Å². The number of nitrogens with one attached hydrogen (secondary N) is 1. The topological polar surface area (TPSA) is 41.3 Å². The van der Waals surface area contributed by atoms with Crippen molar-refractivity contribution in [3.05, 3.63) is 17.0 Å². The molecule has 1 fully saturated rings. The minimum absolute atomic E-state index is 0.193. The van der Waals surface area contributed by atoms with Crippen molar-refractivity contribution in [1.82, 2.24) is 15.4 Å². The average molecular weight is 293 g/mol. The third kappa shape index (κ3) is 3.16. The molecule has 1 N–H and O–H groups in total. The highest BCUT2D eigenvalue weighted by Crippen LogP contribution is 2.33. The Morgan fingerprint density at radius 1 is 1.38 bits per heavy atom. The van der Waals surface area contributed by atoms with Crippen LogP contribution in [-0.4, -0.2) is 34.7 Å². The average Bonchev–Trinajstić information content (AvgIpc) is 2.77. The predicted octanol–water partition coefficient (Wildman–Crippen LogP) is 3.45. The van der Waals surface area contributed by atoms with E-state index in [0.29, 0.717) is 18.0 Å². The van der Waals surface area contributed by atoms with Crippen molar-refractivity contribution in [2.24, 2.45) is 5.92 Å². The van der Waals surface area contributed by atoms with Gasteiger partial charge in [-0.25, -0.2) is 0 Å². The Bertz CT molecular complexity index is 463. The SMILES string of the molecule is CCC1(C)CN(C(C)c2c(C)noc2C)C(C(C)C)CN1. The molecular weight excluding hydrogens is 262 g/mol. The Morgan fingerprint density at radius 3 is 2.52 bits per heavy atom. The van der Waals surface area contributed by atoms with Crippen LogP contribution in [0.25, 0.3) is 0 Å². The van der Waals surface area contributed by atoms with E-state index in [1.807, 2.05) is 13.8 Å². The van der Waals surface area contributed by atoms with Gasteiger partial charge in [-0.15, -0.1) is 0 Å². The Kier molecular flexibility index (Phi) is 4.79. The summed E-state index contributed by atoms with van der Waals surface area (Å²) in [5.41, 5.74) is 2.48. The summed E-state index contributed by atoms with van der Waals surface area (Å²) in [6.07, 6.45) is 1.14. The van der Waals surface area contributed by atoms with E-state index in [2.05, 4.69) is 50.0 Å². The van der Waals surface area contributed by atoms with Crippen molar-refractivity contribution >= 4 is 0 Å². The van der Waals surface area contributed by atoms with Crippen molar-refractivity contribution in [3.8, 4) is 0 Å². The van der Waals surface area contributed by atoms with Gasteiger partial charge in [0.25, 0.3) is 0 Å². The van der Waals surface area contributed by atoms with Crippen LogP contribution in [0.15, 0.2) is 4.52 Å². The Hall–Kier alpha value is -0.870. The molecule has 4 nitrogen and oxygen atoms in total. The number of piperazine rings is 1. The van der Waals surface area contributed by atoms with Gasteiger partial charge in [0.2, 0.25) is 0 Å². The minimum atomic E-state index is 0.193. The van der Waals surface area contributed by atoms with Crippen molar-refractivity contribution in [2.75, 3.05) is 13.1 Å². The van der Waals surface area contributed by atoms with Gasteiger partial charge >= 0.3 is 0 Å². The lowest BCUT2D eigenvalue weighted by Gasteiger charge is -2.50. The van der Waals surface area contributed by atoms with Crippen LogP contribution in [-0.2, 0) is 0 Å². The lowest BCUT2D eigenvalue weighted by molar-refractivity contribution is 0.0289. The molecule has 2 heterocycles. The summed E-state index contributed by atoms with van der Waals surface area (Å²) in [6.45, 7) is 17.7. The first-order valence-electron chi connectivity index (χ1n) is 8.22.